The van der Waals surface area contributed by atoms with Crippen LogP contribution in [0.15, 0.2) is 35.3 Å². The Kier molecular flexibility index (Phi) is 7.25. The fraction of sp³-hybridized carbons (Fsp3) is 0.526. The Morgan fingerprint density at radius 1 is 1.26 bits per heavy atom. The first-order valence-electron chi connectivity index (χ1n) is 9.05. The van der Waals surface area contributed by atoms with Crippen LogP contribution in [-0.2, 0) is 9.84 Å². The summed E-state index contributed by atoms with van der Waals surface area (Å²) >= 11 is 1.55. The predicted molar refractivity (Wildman–Crippen MR) is 114 cm³/mol. The summed E-state index contributed by atoms with van der Waals surface area (Å²) in [5.41, 5.74) is 0. The molecule has 150 valence electrons. The van der Waals surface area contributed by atoms with Gasteiger partial charge in [0.15, 0.2) is 15.8 Å². The van der Waals surface area contributed by atoms with Crippen LogP contribution in [0, 0.1) is 0 Å². The second-order valence-electron chi connectivity index (χ2n) is 7.28. The Morgan fingerprint density at radius 2 is 1.96 bits per heavy atom. The number of aliphatic hydroxyl groups excluding tert-OH is 1. The molecule has 1 aromatic heterocycles. The standard InChI is InChI=1S/C19H29N3O3S2/c1-5-20-18(21-10-11-27(24,25)19(2,3)4)22-13-15(23)17-12-14-8-6-7-9-16(14)26-17/h6-9,12,15,23H,5,10-11,13H2,1-4H3,(H2,20,21,22). The molecule has 0 saturated heterocycles. The number of hydrogen-bond acceptors (Lipinski definition) is 5. The molecule has 3 N–H and O–H groups in total. The number of benzene rings is 1. The van der Waals surface area contributed by atoms with Gasteiger partial charge >= 0.3 is 0 Å². The molecule has 2 rings (SSSR count). The third-order valence-electron chi connectivity index (χ3n) is 4.14. The molecule has 1 aromatic carbocycles. The molecule has 6 nitrogen and oxygen atoms in total. The van der Waals surface area contributed by atoms with E-state index in [1.54, 1.807) is 32.1 Å². The highest BCUT2D eigenvalue weighted by atomic mass is 32.2. The topological polar surface area (TPSA) is 90.8 Å². The van der Waals surface area contributed by atoms with Gasteiger partial charge in [-0.05, 0) is 45.2 Å². The van der Waals surface area contributed by atoms with Gasteiger partial charge in [-0.2, -0.15) is 0 Å². The van der Waals surface area contributed by atoms with E-state index in [1.165, 1.54) is 0 Å². The minimum Gasteiger partial charge on any atom is -0.386 e. The van der Waals surface area contributed by atoms with Crippen molar-refractivity contribution in [3.8, 4) is 0 Å². The highest BCUT2D eigenvalue weighted by molar-refractivity contribution is 7.92. The van der Waals surface area contributed by atoms with Crippen LogP contribution < -0.4 is 10.6 Å². The van der Waals surface area contributed by atoms with E-state index in [-0.39, 0.29) is 18.8 Å². The maximum Gasteiger partial charge on any atom is 0.191 e. The largest absolute Gasteiger partial charge is 0.386 e. The van der Waals surface area contributed by atoms with E-state index in [0.29, 0.717) is 12.5 Å². The van der Waals surface area contributed by atoms with Crippen LogP contribution >= 0.6 is 11.3 Å². The summed E-state index contributed by atoms with van der Waals surface area (Å²) < 4.78 is 24.7. The third-order valence-corrected chi connectivity index (χ3v) is 7.96. The summed E-state index contributed by atoms with van der Waals surface area (Å²) in [5.74, 6) is 0.529. The van der Waals surface area contributed by atoms with Crippen molar-refractivity contribution in [2.24, 2.45) is 4.99 Å². The summed E-state index contributed by atoms with van der Waals surface area (Å²) in [6.07, 6.45) is -0.698. The molecule has 0 spiro atoms. The van der Waals surface area contributed by atoms with Gasteiger partial charge < -0.3 is 15.7 Å². The van der Waals surface area contributed by atoms with E-state index in [2.05, 4.69) is 15.6 Å². The number of sulfone groups is 1. The van der Waals surface area contributed by atoms with Crippen molar-refractivity contribution >= 4 is 37.2 Å². The summed E-state index contributed by atoms with van der Waals surface area (Å²) in [5, 5.41) is 17.7. The van der Waals surface area contributed by atoms with Crippen molar-refractivity contribution in [2.45, 2.75) is 38.5 Å². The number of rotatable bonds is 7. The van der Waals surface area contributed by atoms with Crippen LogP contribution in [0.1, 0.15) is 38.7 Å². The molecule has 1 unspecified atom stereocenters. The number of guanidine groups is 1. The quantitative estimate of drug-likeness (QED) is 0.481. The lowest BCUT2D eigenvalue weighted by Gasteiger charge is -2.20. The molecule has 0 aliphatic carbocycles. The Bertz CT molecular complexity index is 850. The van der Waals surface area contributed by atoms with Gasteiger partial charge in [-0.1, -0.05) is 18.2 Å². The second kappa shape index (κ2) is 9.03. The summed E-state index contributed by atoms with van der Waals surface area (Å²) in [6, 6.07) is 9.98. The van der Waals surface area contributed by atoms with Gasteiger partial charge in [0.1, 0.15) is 6.10 Å². The molecular formula is C19H29N3O3S2. The van der Waals surface area contributed by atoms with Crippen LogP contribution in [0.25, 0.3) is 10.1 Å². The molecule has 0 aliphatic rings. The Hall–Kier alpha value is -1.64. The molecule has 27 heavy (non-hydrogen) atoms. The maximum absolute atomic E-state index is 12.2. The van der Waals surface area contributed by atoms with Gasteiger partial charge in [-0.3, -0.25) is 4.99 Å². The van der Waals surface area contributed by atoms with Crippen molar-refractivity contribution in [2.75, 3.05) is 25.4 Å². The van der Waals surface area contributed by atoms with Crippen LogP contribution in [0.4, 0.5) is 0 Å². The van der Waals surface area contributed by atoms with Gasteiger partial charge in [0.25, 0.3) is 0 Å². The van der Waals surface area contributed by atoms with Crippen LogP contribution in [0.2, 0.25) is 0 Å². The Morgan fingerprint density at radius 3 is 2.59 bits per heavy atom. The highest BCUT2D eigenvalue weighted by Crippen LogP contribution is 2.29. The van der Waals surface area contributed by atoms with Gasteiger partial charge in [0, 0.05) is 22.7 Å². The molecule has 2 aromatic rings. The van der Waals surface area contributed by atoms with Crippen molar-refractivity contribution in [3.63, 3.8) is 0 Å². The van der Waals surface area contributed by atoms with Gasteiger partial charge in [0.05, 0.1) is 17.0 Å². The van der Waals surface area contributed by atoms with Crippen molar-refractivity contribution in [1.82, 2.24) is 10.6 Å². The lowest BCUT2D eigenvalue weighted by molar-refractivity contribution is 0.191. The van der Waals surface area contributed by atoms with Gasteiger partial charge in [-0.25, -0.2) is 8.42 Å². The van der Waals surface area contributed by atoms with Crippen molar-refractivity contribution in [1.29, 1.82) is 0 Å². The maximum atomic E-state index is 12.2. The second-order valence-corrected chi connectivity index (χ2v) is 11.3. The lowest BCUT2D eigenvalue weighted by Crippen LogP contribution is -2.42. The minimum atomic E-state index is -3.19. The third kappa shape index (κ3) is 5.92. The molecule has 0 radical (unpaired) electrons. The van der Waals surface area contributed by atoms with E-state index < -0.39 is 20.7 Å². The molecule has 0 saturated carbocycles. The number of aliphatic imine (C=N–C) groups is 1. The SMILES string of the molecule is CCNC(=NCC(O)c1cc2ccccc2s1)NCCS(=O)(=O)C(C)(C)C. The fourth-order valence-electron chi connectivity index (χ4n) is 2.39. The molecular weight excluding hydrogens is 382 g/mol. The zero-order chi connectivity index (χ0) is 20.1. The highest BCUT2D eigenvalue weighted by Gasteiger charge is 2.28. The zero-order valence-corrected chi connectivity index (χ0v) is 18.0. The molecule has 1 heterocycles. The minimum absolute atomic E-state index is 0.0276. The molecule has 0 amide bonds. The molecule has 0 aliphatic heterocycles. The lowest BCUT2D eigenvalue weighted by atomic mass is 10.2. The van der Waals surface area contributed by atoms with Gasteiger partial charge in [-0.15, -0.1) is 11.3 Å². The number of nitrogens with one attached hydrogen (secondary N) is 2. The van der Waals surface area contributed by atoms with E-state index >= 15 is 0 Å². The number of thiophene rings is 1. The summed E-state index contributed by atoms with van der Waals surface area (Å²) in [7, 11) is -3.19. The van der Waals surface area contributed by atoms with Crippen LogP contribution in [0.5, 0.6) is 0 Å². The first-order chi connectivity index (χ1) is 12.6. The smallest absolute Gasteiger partial charge is 0.191 e. The van der Waals surface area contributed by atoms with Crippen LogP contribution in [-0.4, -0.2) is 49.6 Å². The number of fused-ring (bicyclic) bond motifs is 1. The monoisotopic (exact) mass is 411 g/mol. The summed E-state index contributed by atoms with van der Waals surface area (Å²) in [6.45, 7) is 8.15. The van der Waals surface area contributed by atoms with Crippen LogP contribution in [0.3, 0.4) is 0 Å². The van der Waals surface area contributed by atoms with E-state index in [1.807, 2.05) is 37.3 Å². The zero-order valence-electron chi connectivity index (χ0n) is 16.3. The fourth-order valence-corrected chi connectivity index (χ4v) is 4.41. The number of nitrogens with zero attached hydrogens (tertiary/aromatic N) is 1. The molecule has 0 fully saturated rings. The Balaban J connectivity index is 1.97. The van der Waals surface area contributed by atoms with E-state index in [9.17, 15) is 13.5 Å². The van der Waals surface area contributed by atoms with Crippen molar-refractivity contribution in [3.05, 3.63) is 35.2 Å². The predicted octanol–water partition coefficient (Wildman–Crippen LogP) is 2.70. The van der Waals surface area contributed by atoms with Gasteiger partial charge in [0.2, 0.25) is 0 Å². The Labute approximate surface area is 165 Å². The molecule has 1 atom stereocenters. The average molecular weight is 412 g/mol. The number of hydrogen-bond donors (Lipinski definition) is 3. The summed E-state index contributed by atoms with van der Waals surface area (Å²) in [4.78, 5) is 5.26. The molecule has 8 heteroatoms. The van der Waals surface area contributed by atoms with E-state index in [4.69, 9.17) is 0 Å². The molecule has 0 bridgehead atoms. The van der Waals surface area contributed by atoms with E-state index in [0.717, 1.165) is 15.0 Å². The normalized spacial score (nSPS) is 14.3. The average Bonchev–Trinajstić information content (AvgIpc) is 3.02. The first kappa shape index (κ1) is 21.7. The first-order valence-corrected chi connectivity index (χ1v) is 11.5. The van der Waals surface area contributed by atoms with Crippen molar-refractivity contribution < 1.29 is 13.5 Å². The number of aliphatic hydroxyl groups is 1.